The van der Waals surface area contributed by atoms with Gasteiger partial charge in [-0.25, -0.2) is 10.8 Å². The minimum absolute atomic E-state index is 0.256. The number of anilines is 2. The molecule has 1 saturated heterocycles. The number of hydrogen-bond donors (Lipinski definition) is 2. The Morgan fingerprint density at radius 2 is 2.25 bits per heavy atom. The van der Waals surface area contributed by atoms with Crippen LogP contribution in [0.5, 0.6) is 0 Å². The van der Waals surface area contributed by atoms with E-state index in [-0.39, 0.29) is 6.10 Å². The Labute approximate surface area is 117 Å². The number of nitrogens with one attached hydrogen (secondary N) is 1. The highest BCUT2D eigenvalue weighted by atomic mass is 16.5. The molecule has 20 heavy (non-hydrogen) atoms. The van der Waals surface area contributed by atoms with Crippen LogP contribution in [0.3, 0.4) is 0 Å². The predicted octanol–water partition coefficient (Wildman–Crippen LogP) is 1.53. The van der Waals surface area contributed by atoms with Crippen LogP contribution in [0.25, 0.3) is 10.9 Å². The van der Waals surface area contributed by atoms with Gasteiger partial charge in [0.1, 0.15) is 5.82 Å². The summed E-state index contributed by atoms with van der Waals surface area (Å²) in [6.45, 7) is 4.55. The molecule has 2 heterocycles. The van der Waals surface area contributed by atoms with Gasteiger partial charge < -0.3 is 9.64 Å². The molecule has 0 spiro atoms. The van der Waals surface area contributed by atoms with Gasteiger partial charge in [0.05, 0.1) is 18.2 Å². The Morgan fingerprint density at radius 1 is 1.40 bits per heavy atom. The normalized spacial score (nSPS) is 19.3. The number of aromatic nitrogens is 2. The van der Waals surface area contributed by atoms with Crippen LogP contribution in [0.2, 0.25) is 0 Å². The first kappa shape index (κ1) is 13.1. The van der Waals surface area contributed by atoms with Gasteiger partial charge in [0.15, 0.2) is 0 Å². The summed E-state index contributed by atoms with van der Waals surface area (Å²) < 4.78 is 5.72. The van der Waals surface area contributed by atoms with E-state index in [0.29, 0.717) is 5.95 Å². The highest BCUT2D eigenvalue weighted by Gasteiger charge is 2.22. The van der Waals surface area contributed by atoms with Crippen molar-refractivity contribution in [1.29, 1.82) is 0 Å². The summed E-state index contributed by atoms with van der Waals surface area (Å²) in [5, 5.41) is 1.04. The molecular formula is C14H19N5O. The third kappa shape index (κ3) is 2.39. The third-order valence-electron chi connectivity index (χ3n) is 3.61. The van der Waals surface area contributed by atoms with Gasteiger partial charge >= 0.3 is 0 Å². The Balaban J connectivity index is 2.04. The van der Waals surface area contributed by atoms with Crippen LogP contribution < -0.4 is 16.2 Å². The number of morpholine rings is 1. The molecule has 1 aliphatic rings. The zero-order valence-corrected chi connectivity index (χ0v) is 11.5. The van der Waals surface area contributed by atoms with E-state index in [1.807, 2.05) is 24.3 Å². The minimum atomic E-state index is 0.256. The molecule has 1 aliphatic heterocycles. The SMILES string of the molecule is CCC1CN(c2nc(NN)nc3ccccc23)CCO1. The van der Waals surface area contributed by atoms with Crippen molar-refractivity contribution < 1.29 is 4.74 Å². The number of nitrogen functional groups attached to an aromatic ring is 1. The lowest BCUT2D eigenvalue weighted by atomic mass is 10.2. The van der Waals surface area contributed by atoms with Crippen LogP contribution in [0.15, 0.2) is 24.3 Å². The highest BCUT2D eigenvalue weighted by molar-refractivity contribution is 5.90. The van der Waals surface area contributed by atoms with Gasteiger partial charge in [-0.05, 0) is 18.6 Å². The molecule has 0 bridgehead atoms. The molecule has 0 radical (unpaired) electrons. The van der Waals surface area contributed by atoms with E-state index in [2.05, 4.69) is 27.2 Å². The topological polar surface area (TPSA) is 76.3 Å². The monoisotopic (exact) mass is 273 g/mol. The Morgan fingerprint density at radius 3 is 3.05 bits per heavy atom. The van der Waals surface area contributed by atoms with Crippen molar-refractivity contribution in [1.82, 2.24) is 9.97 Å². The van der Waals surface area contributed by atoms with E-state index in [4.69, 9.17) is 10.6 Å². The molecule has 6 nitrogen and oxygen atoms in total. The molecule has 0 saturated carbocycles. The molecule has 2 aromatic rings. The maximum Gasteiger partial charge on any atom is 0.239 e. The summed E-state index contributed by atoms with van der Waals surface area (Å²) in [5.41, 5.74) is 3.44. The lowest BCUT2D eigenvalue weighted by molar-refractivity contribution is 0.0383. The summed E-state index contributed by atoms with van der Waals surface area (Å²) in [4.78, 5) is 11.2. The third-order valence-corrected chi connectivity index (χ3v) is 3.61. The molecule has 1 atom stereocenters. The number of nitrogens with zero attached hydrogens (tertiary/aromatic N) is 3. The quantitative estimate of drug-likeness (QED) is 0.652. The van der Waals surface area contributed by atoms with Crippen LogP contribution in [0, 0.1) is 0 Å². The van der Waals surface area contributed by atoms with Gasteiger partial charge in [-0.1, -0.05) is 19.1 Å². The number of rotatable bonds is 3. The Hall–Kier alpha value is -1.92. The fourth-order valence-electron chi connectivity index (χ4n) is 2.52. The van der Waals surface area contributed by atoms with E-state index >= 15 is 0 Å². The molecule has 0 amide bonds. The largest absolute Gasteiger partial charge is 0.375 e. The van der Waals surface area contributed by atoms with Crippen molar-refractivity contribution in [3.63, 3.8) is 0 Å². The maximum atomic E-state index is 5.72. The molecular weight excluding hydrogens is 254 g/mol. The number of fused-ring (bicyclic) bond motifs is 1. The molecule has 1 fully saturated rings. The summed E-state index contributed by atoms with van der Waals surface area (Å²) in [6, 6.07) is 7.98. The molecule has 1 unspecified atom stereocenters. The minimum Gasteiger partial charge on any atom is -0.375 e. The van der Waals surface area contributed by atoms with E-state index in [9.17, 15) is 0 Å². The molecule has 3 rings (SSSR count). The molecule has 1 aromatic heterocycles. The smallest absolute Gasteiger partial charge is 0.239 e. The van der Waals surface area contributed by atoms with E-state index < -0.39 is 0 Å². The predicted molar refractivity (Wildman–Crippen MR) is 79.6 cm³/mol. The number of para-hydroxylation sites is 1. The van der Waals surface area contributed by atoms with E-state index in [0.717, 1.165) is 42.8 Å². The average Bonchev–Trinajstić information content (AvgIpc) is 2.53. The van der Waals surface area contributed by atoms with Crippen LogP contribution >= 0.6 is 0 Å². The second kappa shape index (κ2) is 5.60. The standard InChI is InChI=1S/C14H19N5O/c1-2-10-9-19(7-8-20-10)13-11-5-3-4-6-12(11)16-14(17-13)18-15/h3-6,10H,2,7-9,15H2,1H3,(H,16,17,18). The second-order valence-corrected chi connectivity index (χ2v) is 4.88. The fraction of sp³-hybridized carbons (Fsp3) is 0.429. The summed E-state index contributed by atoms with van der Waals surface area (Å²) >= 11 is 0. The van der Waals surface area contributed by atoms with Crippen molar-refractivity contribution in [3.8, 4) is 0 Å². The van der Waals surface area contributed by atoms with Gasteiger partial charge in [-0.15, -0.1) is 0 Å². The zero-order chi connectivity index (χ0) is 13.9. The van der Waals surface area contributed by atoms with Gasteiger partial charge in [0, 0.05) is 18.5 Å². The summed E-state index contributed by atoms with van der Waals surface area (Å²) in [7, 11) is 0. The number of hydrazine groups is 1. The van der Waals surface area contributed by atoms with Crippen molar-refractivity contribution in [2.45, 2.75) is 19.4 Å². The average molecular weight is 273 g/mol. The van der Waals surface area contributed by atoms with Crippen molar-refractivity contribution in [3.05, 3.63) is 24.3 Å². The van der Waals surface area contributed by atoms with E-state index in [1.54, 1.807) is 0 Å². The lowest BCUT2D eigenvalue weighted by Gasteiger charge is -2.34. The number of nitrogens with two attached hydrogens (primary N) is 1. The molecule has 1 aromatic carbocycles. The number of benzene rings is 1. The molecule has 0 aliphatic carbocycles. The molecule has 3 N–H and O–H groups in total. The van der Waals surface area contributed by atoms with Crippen molar-refractivity contribution in [2.24, 2.45) is 5.84 Å². The highest BCUT2D eigenvalue weighted by Crippen LogP contribution is 2.26. The van der Waals surface area contributed by atoms with Gasteiger partial charge in [-0.2, -0.15) is 4.98 Å². The fourth-order valence-corrected chi connectivity index (χ4v) is 2.52. The van der Waals surface area contributed by atoms with E-state index in [1.165, 1.54) is 0 Å². The van der Waals surface area contributed by atoms with Crippen LogP contribution in [0.4, 0.5) is 11.8 Å². The summed E-state index contributed by atoms with van der Waals surface area (Å²) in [5.74, 6) is 6.84. The molecule has 6 heteroatoms. The van der Waals surface area contributed by atoms with Gasteiger partial charge in [-0.3, -0.25) is 5.43 Å². The summed E-state index contributed by atoms with van der Waals surface area (Å²) in [6.07, 6.45) is 1.26. The Bertz CT molecular complexity index is 603. The Kier molecular flexibility index (Phi) is 3.66. The van der Waals surface area contributed by atoms with Crippen LogP contribution in [-0.2, 0) is 4.74 Å². The van der Waals surface area contributed by atoms with Gasteiger partial charge in [0.2, 0.25) is 5.95 Å². The zero-order valence-electron chi connectivity index (χ0n) is 11.5. The second-order valence-electron chi connectivity index (χ2n) is 4.88. The number of hydrogen-bond acceptors (Lipinski definition) is 6. The first-order chi connectivity index (χ1) is 9.81. The van der Waals surface area contributed by atoms with Crippen LogP contribution in [-0.4, -0.2) is 35.8 Å². The van der Waals surface area contributed by atoms with Gasteiger partial charge in [0.25, 0.3) is 0 Å². The van der Waals surface area contributed by atoms with Crippen molar-refractivity contribution >= 4 is 22.7 Å². The van der Waals surface area contributed by atoms with Crippen molar-refractivity contribution in [2.75, 3.05) is 30.0 Å². The molecule has 106 valence electrons. The lowest BCUT2D eigenvalue weighted by Crippen LogP contribution is -2.42. The first-order valence-corrected chi connectivity index (χ1v) is 6.91. The maximum absolute atomic E-state index is 5.72. The first-order valence-electron chi connectivity index (χ1n) is 6.91. The number of ether oxygens (including phenoxy) is 1. The van der Waals surface area contributed by atoms with Crippen LogP contribution in [0.1, 0.15) is 13.3 Å².